The van der Waals surface area contributed by atoms with Crippen LogP contribution in [-0.4, -0.2) is 58.3 Å². The van der Waals surface area contributed by atoms with E-state index in [4.69, 9.17) is 0 Å². The van der Waals surface area contributed by atoms with Gasteiger partial charge in [-0.25, -0.2) is 4.79 Å². The second-order valence-electron chi connectivity index (χ2n) is 4.85. The van der Waals surface area contributed by atoms with E-state index in [1.807, 2.05) is 0 Å². The molecule has 0 aliphatic carbocycles. The molecule has 0 spiro atoms. The second kappa shape index (κ2) is 4.92. The first kappa shape index (κ1) is 12.6. The Kier molecular flexibility index (Phi) is 3.09. The quantitative estimate of drug-likeness (QED) is 0.760. The summed E-state index contributed by atoms with van der Waals surface area (Å²) < 4.78 is 0. The van der Waals surface area contributed by atoms with Gasteiger partial charge in [-0.05, 0) is 18.6 Å². The first-order valence-electron chi connectivity index (χ1n) is 6.46. The molecule has 1 atom stereocenters. The highest BCUT2D eigenvalue weighted by atomic mass is 16.2. The number of rotatable bonds is 2. The van der Waals surface area contributed by atoms with Crippen molar-refractivity contribution in [3.05, 3.63) is 30.1 Å². The van der Waals surface area contributed by atoms with Crippen LogP contribution in [0.15, 0.2) is 24.5 Å². The van der Waals surface area contributed by atoms with Crippen molar-refractivity contribution < 1.29 is 14.4 Å². The van der Waals surface area contributed by atoms with Crippen molar-refractivity contribution in [1.82, 2.24) is 20.1 Å². The molecule has 7 heteroatoms. The molecule has 2 fully saturated rings. The van der Waals surface area contributed by atoms with Crippen molar-refractivity contribution in [1.29, 1.82) is 0 Å². The van der Waals surface area contributed by atoms with E-state index in [1.165, 1.54) is 4.90 Å². The molecule has 4 amide bonds. The zero-order chi connectivity index (χ0) is 14.1. The van der Waals surface area contributed by atoms with Gasteiger partial charge in [0.25, 0.3) is 5.91 Å². The molecule has 7 nitrogen and oxygen atoms in total. The summed E-state index contributed by atoms with van der Waals surface area (Å²) in [5.41, 5.74) is 0.567. The highest BCUT2D eigenvalue weighted by molar-refractivity contribution is 6.02. The maximum absolute atomic E-state index is 12.3. The number of amides is 4. The summed E-state index contributed by atoms with van der Waals surface area (Å²) in [6.45, 7) is 0.983. The van der Waals surface area contributed by atoms with E-state index in [1.54, 1.807) is 29.4 Å². The molecule has 1 unspecified atom stereocenters. The number of carbonyl (C=O) groups excluding carboxylic acids is 3. The number of hydrogen-bond acceptors (Lipinski definition) is 4. The molecule has 2 aliphatic rings. The number of hydrogen-bond donors (Lipinski definition) is 1. The van der Waals surface area contributed by atoms with Gasteiger partial charge in [0.2, 0.25) is 5.91 Å². The first-order valence-corrected chi connectivity index (χ1v) is 6.46. The molecule has 0 radical (unpaired) electrons. The number of urea groups is 1. The van der Waals surface area contributed by atoms with Gasteiger partial charge in [-0.15, -0.1) is 0 Å². The number of aromatic nitrogens is 1. The number of nitrogens with zero attached hydrogens (tertiary/aromatic N) is 3. The van der Waals surface area contributed by atoms with E-state index in [9.17, 15) is 14.4 Å². The normalized spacial score (nSPS) is 22.3. The Morgan fingerprint density at radius 2 is 2.05 bits per heavy atom. The molecule has 1 aromatic heterocycles. The smallest absolute Gasteiger partial charge is 0.324 e. The van der Waals surface area contributed by atoms with Crippen molar-refractivity contribution in [2.75, 3.05) is 19.6 Å². The minimum Gasteiger partial charge on any atom is -0.336 e. The molecular formula is C13H14N4O3. The molecule has 1 N–H and O–H groups in total. The van der Waals surface area contributed by atoms with Crippen LogP contribution < -0.4 is 5.32 Å². The molecule has 20 heavy (non-hydrogen) atoms. The maximum Gasteiger partial charge on any atom is 0.324 e. The Morgan fingerprint density at radius 3 is 2.70 bits per heavy atom. The molecule has 3 rings (SSSR count). The molecule has 104 valence electrons. The van der Waals surface area contributed by atoms with E-state index in [0.29, 0.717) is 25.1 Å². The van der Waals surface area contributed by atoms with Crippen LogP contribution >= 0.6 is 0 Å². The van der Waals surface area contributed by atoms with Crippen LogP contribution in [0.1, 0.15) is 16.8 Å². The highest BCUT2D eigenvalue weighted by Crippen LogP contribution is 2.19. The summed E-state index contributed by atoms with van der Waals surface area (Å²) >= 11 is 0. The van der Waals surface area contributed by atoms with E-state index >= 15 is 0 Å². The van der Waals surface area contributed by atoms with Crippen LogP contribution in [0.3, 0.4) is 0 Å². The summed E-state index contributed by atoms with van der Waals surface area (Å²) in [5, 5.41) is 2.50. The van der Waals surface area contributed by atoms with Gasteiger partial charge in [-0.1, -0.05) is 0 Å². The minimum absolute atomic E-state index is 0.0492. The summed E-state index contributed by atoms with van der Waals surface area (Å²) in [7, 11) is 0. The average molecular weight is 274 g/mol. The fraction of sp³-hybridized carbons (Fsp3) is 0.385. The third-order valence-corrected chi connectivity index (χ3v) is 3.62. The van der Waals surface area contributed by atoms with Crippen LogP contribution in [0, 0.1) is 0 Å². The number of nitrogens with one attached hydrogen (secondary N) is 1. The lowest BCUT2D eigenvalue weighted by Crippen LogP contribution is -2.42. The van der Waals surface area contributed by atoms with Crippen molar-refractivity contribution in [3.8, 4) is 0 Å². The Balaban J connectivity index is 1.69. The average Bonchev–Trinajstić information content (AvgIpc) is 3.06. The van der Waals surface area contributed by atoms with Crippen LogP contribution in [0.25, 0.3) is 0 Å². The van der Waals surface area contributed by atoms with Gasteiger partial charge < -0.3 is 10.2 Å². The van der Waals surface area contributed by atoms with Crippen LogP contribution in [-0.2, 0) is 4.79 Å². The zero-order valence-electron chi connectivity index (χ0n) is 10.8. The molecule has 1 aromatic rings. The fourth-order valence-corrected chi connectivity index (χ4v) is 2.62. The molecule has 2 aliphatic heterocycles. The minimum atomic E-state index is -0.363. The standard InChI is InChI=1S/C13H14N4O3/c18-11-7-15-13(20)17(11)10-3-6-16(8-10)12(19)9-1-4-14-5-2-9/h1-2,4-5,10H,3,6-8H2,(H,15,20). The topological polar surface area (TPSA) is 82.6 Å². The Labute approximate surface area is 115 Å². The van der Waals surface area contributed by atoms with Crippen molar-refractivity contribution >= 4 is 17.8 Å². The molecule has 0 bridgehead atoms. The number of likely N-dealkylation sites (tertiary alicyclic amines) is 1. The highest BCUT2D eigenvalue weighted by Gasteiger charge is 2.39. The summed E-state index contributed by atoms with van der Waals surface area (Å²) in [6.07, 6.45) is 3.76. The lowest BCUT2D eigenvalue weighted by Gasteiger charge is -2.21. The summed E-state index contributed by atoms with van der Waals surface area (Å²) in [4.78, 5) is 42.3. The third kappa shape index (κ3) is 2.11. The zero-order valence-corrected chi connectivity index (χ0v) is 10.8. The first-order chi connectivity index (χ1) is 9.66. The van der Waals surface area contributed by atoms with E-state index in [-0.39, 0.29) is 30.4 Å². The predicted octanol–water partition coefficient (Wildman–Crippen LogP) is -0.152. The van der Waals surface area contributed by atoms with Crippen molar-refractivity contribution in [2.45, 2.75) is 12.5 Å². The summed E-state index contributed by atoms with van der Waals surface area (Å²) in [6, 6.07) is 2.72. The van der Waals surface area contributed by atoms with Crippen molar-refractivity contribution in [2.24, 2.45) is 0 Å². The largest absolute Gasteiger partial charge is 0.336 e. The third-order valence-electron chi connectivity index (χ3n) is 3.62. The molecule has 3 heterocycles. The van der Waals surface area contributed by atoms with E-state index < -0.39 is 0 Å². The van der Waals surface area contributed by atoms with Gasteiger partial charge in [0, 0.05) is 31.0 Å². The van der Waals surface area contributed by atoms with Gasteiger partial charge in [-0.2, -0.15) is 0 Å². The van der Waals surface area contributed by atoms with Crippen LogP contribution in [0.4, 0.5) is 4.79 Å². The van der Waals surface area contributed by atoms with Gasteiger partial charge in [0.1, 0.15) is 0 Å². The number of carbonyl (C=O) groups is 3. The molecule has 2 saturated heterocycles. The van der Waals surface area contributed by atoms with Gasteiger partial charge in [0.15, 0.2) is 0 Å². The SMILES string of the molecule is O=C(c1ccncc1)N1CCC(N2C(=O)CNC2=O)C1. The Hall–Kier alpha value is -2.44. The maximum atomic E-state index is 12.3. The van der Waals surface area contributed by atoms with E-state index in [0.717, 1.165) is 0 Å². The van der Waals surface area contributed by atoms with Gasteiger partial charge in [0.05, 0.1) is 12.6 Å². The fourth-order valence-electron chi connectivity index (χ4n) is 2.62. The Bertz CT molecular complexity index is 544. The van der Waals surface area contributed by atoms with Crippen molar-refractivity contribution in [3.63, 3.8) is 0 Å². The van der Waals surface area contributed by atoms with Gasteiger partial charge in [-0.3, -0.25) is 19.5 Å². The predicted molar refractivity (Wildman–Crippen MR) is 68.8 cm³/mol. The van der Waals surface area contributed by atoms with Crippen LogP contribution in [0.2, 0.25) is 0 Å². The number of pyridine rings is 1. The second-order valence-corrected chi connectivity index (χ2v) is 4.85. The van der Waals surface area contributed by atoms with E-state index in [2.05, 4.69) is 10.3 Å². The Morgan fingerprint density at radius 1 is 1.30 bits per heavy atom. The lowest BCUT2D eigenvalue weighted by atomic mass is 10.2. The molecular weight excluding hydrogens is 260 g/mol. The number of imide groups is 1. The molecule has 0 aromatic carbocycles. The monoisotopic (exact) mass is 274 g/mol. The summed E-state index contributed by atoms with van der Waals surface area (Å²) in [5.74, 6) is -0.319. The lowest BCUT2D eigenvalue weighted by molar-refractivity contribution is -0.126. The van der Waals surface area contributed by atoms with Crippen LogP contribution in [0.5, 0.6) is 0 Å². The van der Waals surface area contributed by atoms with Gasteiger partial charge >= 0.3 is 6.03 Å². The molecule has 0 saturated carbocycles.